The van der Waals surface area contributed by atoms with Gasteiger partial charge in [-0.25, -0.2) is 0 Å². The van der Waals surface area contributed by atoms with Crippen molar-refractivity contribution in [2.24, 2.45) is 11.8 Å². The monoisotopic (exact) mass is 408 g/mol. The molecule has 2 aromatic carbocycles. The van der Waals surface area contributed by atoms with Crippen LogP contribution in [0.5, 0.6) is 0 Å². The van der Waals surface area contributed by atoms with E-state index in [1.54, 1.807) is 24.3 Å². The van der Waals surface area contributed by atoms with E-state index in [0.717, 1.165) is 6.42 Å². The number of anilines is 1. The minimum absolute atomic E-state index is 0.000903. The van der Waals surface area contributed by atoms with E-state index in [9.17, 15) is 9.59 Å². The van der Waals surface area contributed by atoms with Crippen LogP contribution >= 0.6 is 11.6 Å². The number of amides is 2. The molecule has 0 radical (unpaired) electrons. The lowest BCUT2D eigenvalue weighted by Crippen LogP contribution is -2.41. The Bertz CT molecular complexity index is 993. The Morgan fingerprint density at radius 2 is 2.03 bits per heavy atom. The topological polar surface area (TPSA) is 58.6 Å². The van der Waals surface area contributed by atoms with Crippen molar-refractivity contribution in [3.8, 4) is 0 Å². The van der Waals surface area contributed by atoms with E-state index in [-0.39, 0.29) is 17.9 Å². The molecule has 2 aromatic rings. The van der Waals surface area contributed by atoms with Crippen LogP contribution in [0.2, 0.25) is 5.02 Å². The highest BCUT2D eigenvalue weighted by atomic mass is 35.5. The number of carbonyl (C=O) groups excluding carboxylic acids is 2. The molecular weight excluding hydrogens is 388 g/mol. The van der Waals surface area contributed by atoms with E-state index < -0.39 is 17.4 Å². The standard InChI is InChI=1S/C23H21ClN2O3/c24-16-7-4-8-17(13-16)25-21(27)19-18-9-11-23(29-18)14-26(22(28)20(19)23)12-10-15-5-2-1-3-6-15/h1-9,11,13,18-20H,10,12,14H2,(H,25,27)/t18-,19+,20+,23-/m0/s1. The number of fused-ring (bicyclic) bond motifs is 1. The van der Waals surface area contributed by atoms with Gasteiger partial charge in [-0.1, -0.05) is 60.2 Å². The third-order valence-corrected chi connectivity index (χ3v) is 6.32. The molecule has 2 bridgehead atoms. The first-order valence-electron chi connectivity index (χ1n) is 9.82. The Hall–Kier alpha value is -2.63. The van der Waals surface area contributed by atoms with Gasteiger partial charge in [-0.2, -0.15) is 0 Å². The maximum atomic E-state index is 13.2. The van der Waals surface area contributed by atoms with E-state index >= 15 is 0 Å². The summed E-state index contributed by atoms with van der Waals surface area (Å²) in [6.07, 6.45) is 4.32. The molecule has 0 saturated carbocycles. The van der Waals surface area contributed by atoms with Gasteiger partial charge in [0, 0.05) is 17.3 Å². The molecule has 5 nitrogen and oxygen atoms in total. The molecular formula is C23H21ClN2O3. The van der Waals surface area contributed by atoms with Crippen molar-refractivity contribution in [3.63, 3.8) is 0 Å². The third kappa shape index (κ3) is 3.15. The highest BCUT2D eigenvalue weighted by molar-refractivity contribution is 6.30. The molecule has 0 aliphatic carbocycles. The molecule has 1 N–H and O–H groups in total. The zero-order valence-electron chi connectivity index (χ0n) is 15.8. The smallest absolute Gasteiger partial charge is 0.231 e. The minimum Gasteiger partial charge on any atom is -0.360 e. The number of hydrogen-bond acceptors (Lipinski definition) is 3. The summed E-state index contributed by atoms with van der Waals surface area (Å²) >= 11 is 6.02. The van der Waals surface area contributed by atoms with Gasteiger partial charge >= 0.3 is 0 Å². The highest BCUT2D eigenvalue weighted by Gasteiger charge is 2.66. The van der Waals surface area contributed by atoms with Gasteiger partial charge in [0.1, 0.15) is 5.60 Å². The first kappa shape index (κ1) is 18.4. The van der Waals surface area contributed by atoms with Crippen molar-refractivity contribution in [1.29, 1.82) is 0 Å². The van der Waals surface area contributed by atoms with Crippen LogP contribution in [0, 0.1) is 11.8 Å². The predicted molar refractivity (Wildman–Crippen MR) is 111 cm³/mol. The summed E-state index contributed by atoms with van der Waals surface area (Å²) in [7, 11) is 0. The van der Waals surface area contributed by atoms with Gasteiger partial charge in [0.25, 0.3) is 0 Å². The van der Waals surface area contributed by atoms with Gasteiger partial charge in [-0.3, -0.25) is 9.59 Å². The molecule has 2 amide bonds. The molecule has 5 rings (SSSR count). The summed E-state index contributed by atoms with van der Waals surface area (Å²) in [5.41, 5.74) is 1.12. The summed E-state index contributed by atoms with van der Waals surface area (Å²) in [5, 5.41) is 3.45. The second kappa shape index (κ2) is 7.01. The zero-order chi connectivity index (χ0) is 20.0. The van der Waals surface area contributed by atoms with Gasteiger partial charge < -0.3 is 15.0 Å². The third-order valence-electron chi connectivity index (χ3n) is 6.09. The van der Waals surface area contributed by atoms with Gasteiger partial charge in [0.15, 0.2) is 0 Å². The first-order valence-corrected chi connectivity index (χ1v) is 10.2. The van der Waals surface area contributed by atoms with E-state index in [2.05, 4.69) is 17.4 Å². The van der Waals surface area contributed by atoms with Crippen molar-refractivity contribution < 1.29 is 14.3 Å². The van der Waals surface area contributed by atoms with Crippen LogP contribution in [0.3, 0.4) is 0 Å². The second-order valence-electron chi connectivity index (χ2n) is 7.89. The van der Waals surface area contributed by atoms with E-state index in [1.165, 1.54) is 5.56 Å². The summed E-state index contributed by atoms with van der Waals surface area (Å²) in [5.74, 6) is -1.22. The van der Waals surface area contributed by atoms with Crippen LogP contribution in [-0.4, -0.2) is 41.5 Å². The van der Waals surface area contributed by atoms with E-state index in [0.29, 0.717) is 23.8 Å². The van der Waals surface area contributed by atoms with Gasteiger partial charge in [-0.15, -0.1) is 0 Å². The Morgan fingerprint density at radius 1 is 1.21 bits per heavy atom. The van der Waals surface area contributed by atoms with Crippen LogP contribution in [0.25, 0.3) is 0 Å². The van der Waals surface area contributed by atoms with Gasteiger partial charge in [-0.05, 0) is 30.2 Å². The molecule has 6 heteroatoms. The number of ether oxygens (including phenoxy) is 1. The lowest BCUT2D eigenvalue weighted by molar-refractivity contribution is -0.135. The van der Waals surface area contributed by atoms with Crippen LogP contribution in [0.1, 0.15) is 5.56 Å². The van der Waals surface area contributed by atoms with Crippen LogP contribution in [-0.2, 0) is 20.7 Å². The lowest BCUT2D eigenvalue weighted by Gasteiger charge is -2.23. The Balaban J connectivity index is 1.33. The Morgan fingerprint density at radius 3 is 2.83 bits per heavy atom. The highest BCUT2D eigenvalue weighted by Crippen LogP contribution is 2.52. The molecule has 3 heterocycles. The number of halogens is 1. The van der Waals surface area contributed by atoms with E-state index in [1.807, 2.05) is 35.3 Å². The zero-order valence-corrected chi connectivity index (χ0v) is 16.5. The molecule has 4 atom stereocenters. The molecule has 1 spiro atoms. The second-order valence-corrected chi connectivity index (χ2v) is 8.33. The maximum absolute atomic E-state index is 13.2. The number of rotatable bonds is 5. The number of hydrogen-bond donors (Lipinski definition) is 1. The molecule has 0 unspecified atom stereocenters. The normalized spacial score (nSPS) is 29.3. The maximum Gasteiger partial charge on any atom is 0.231 e. The average molecular weight is 409 g/mol. The number of carbonyl (C=O) groups is 2. The van der Waals surface area contributed by atoms with Crippen molar-refractivity contribution in [2.45, 2.75) is 18.1 Å². The number of nitrogens with zero attached hydrogens (tertiary/aromatic N) is 1. The van der Waals surface area contributed by atoms with Crippen molar-refractivity contribution in [3.05, 3.63) is 77.3 Å². The van der Waals surface area contributed by atoms with Gasteiger partial charge in [0.05, 0.1) is 24.5 Å². The first-order chi connectivity index (χ1) is 14.1. The predicted octanol–water partition coefficient (Wildman–Crippen LogP) is 3.30. The lowest BCUT2D eigenvalue weighted by atomic mass is 9.77. The summed E-state index contributed by atoms with van der Waals surface area (Å²) in [6.45, 7) is 1.11. The fourth-order valence-corrected chi connectivity index (χ4v) is 4.96. The molecule has 29 heavy (non-hydrogen) atoms. The Labute approximate surface area is 174 Å². The number of nitrogens with one attached hydrogen (secondary N) is 1. The quantitative estimate of drug-likeness (QED) is 0.772. The summed E-state index contributed by atoms with van der Waals surface area (Å²) in [4.78, 5) is 28.1. The van der Waals surface area contributed by atoms with E-state index in [4.69, 9.17) is 16.3 Å². The van der Waals surface area contributed by atoms with Crippen LogP contribution in [0.4, 0.5) is 5.69 Å². The molecule has 148 valence electrons. The van der Waals surface area contributed by atoms with Crippen LogP contribution in [0.15, 0.2) is 66.7 Å². The molecule has 0 aromatic heterocycles. The van der Waals surface area contributed by atoms with Crippen molar-refractivity contribution in [2.75, 3.05) is 18.4 Å². The van der Waals surface area contributed by atoms with Crippen LogP contribution < -0.4 is 5.32 Å². The number of benzene rings is 2. The minimum atomic E-state index is -0.686. The SMILES string of the molecule is O=C(Nc1cccc(Cl)c1)[C@@H]1[C@@H]2C=C[C@@]3(CN(CCc4ccccc4)C(=O)[C@@H]13)O2. The number of likely N-dealkylation sites (tertiary alicyclic amines) is 1. The van der Waals surface area contributed by atoms with Gasteiger partial charge in [0.2, 0.25) is 11.8 Å². The summed E-state index contributed by atoms with van der Waals surface area (Å²) in [6, 6.07) is 17.1. The average Bonchev–Trinajstić information content (AvgIpc) is 3.35. The molecule has 3 aliphatic heterocycles. The molecule has 3 aliphatic rings. The van der Waals surface area contributed by atoms with Crippen molar-refractivity contribution in [1.82, 2.24) is 4.90 Å². The fourth-order valence-electron chi connectivity index (χ4n) is 4.77. The molecule has 2 fully saturated rings. The fraction of sp³-hybridized carbons (Fsp3) is 0.304. The van der Waals surface area contributed by atoms with Crippen molar-refractivity contribution >= 4 is 29.1 Å². The molecule has 2 saturated heterocycles. The summed E-state index contributed by atoms with van der Waals surface area (Å²) < 4.78 is 6.17. The largest absolute Gasteiger partial charge is 0.360 e. The Kier molecular flexibility index (Phi) is 4.45.